The molecule has 0 spiro atoms. The van der Waals surface area contributed by atoms with E-state index in [1.807, 2.05) is 11.5 Å². The summed E-state index contributed by atoms with van der Waals surface area (Å²) in [6.45, 7) is 4.19. The molecule has 0 radical (unpaired) electrons. The Morgan fingerprint density at radius 1 is 1.16 bits per heavy atom. The fraction of sp³-hybridized carbons (Fsp3) is 0.429. The Labute approximate surface area is 187 Å². The number of hydrogen-bond acceptors (Lipinski definition) is 7. The minimum atomic E-state index is -3.88. The van der Waals surface area contributed by atoms with Crippen molar-refractivity contribution in [3.8, 4) is 0 Å². The van der Waals surface area contributed by atoms with E-state index in [0.717, 1.165) is 11.3 Å². The highest BCUT2D eigenvalue weighted by atomic mass is 32.2. The Morgan fingerprint density at radius 3 is 2.41 bits per heavy atom. The third-order valence-corrected chi connectivity index (χ3v) is 8.63. The number of nitrogens with one attached hydrogen (secondary N) is 1. The van der Waals surface area contributed by atoms with Gasteiger partial charge in [-0.2, -0.15) is 4.72 Å². The standard InChI is InChI=1S/C21H26N2O7S2/c1-14-4-6-18(7-5-14)32(28,29)22-11-21(25)30-12-20(24)19-10-15(2)23(16(19)3)17-8-9-31(26,27)13-17/h4-7,10,17,22H,8-9,11-13H2,1-3H3. The number of Topliss-reactive ketones (excluding diaryl/α,β-unsaturated/α-hetero) is 1. The fourth-order valence-electron chi connectivity index (χ4n) is 3.83. The molecule has 1 aromatic carbocycles. The summed E-state index contributed by atoms with van der Waals surface area (Å²) in [5.74, 6) is -1.18. The van der Waals surface area contributed by atoms with Crippen molar-refractivity contribution in [2.24, 2.45) is 0 Å². The van der Waals surface area contributed by atoms with Crippen LogP contribution in [0.15, 0.2) is 35.2 Å². The summed E-state index contributed by atoms with van der Waals surface area (Å²) in [7, 11) is -6.96. The molecule has 2 aromatic rings. The summed E-state index contributed by atoms with van der Waals surface area (Å²) in [4.78, 5) is 24.6. The molecule has 0 bridgehead atoms. The van der Waals surface area contributed by atoms with Crippen LogP contribution in [0.4, 0.5) is 0 Å². The number of carbonyl (C=O) groups excluding carboxylic acids is 2. The second-order valence-corrected chi connectivity index (χ2v) is 11.9. The van der Waals surface area contributed by atoms with Crippen LogP contribution < -0.4 is 4.72 Å². The molecule has 1 aliphatic rings. The van der Waals surface area contributed by atoms with Crippen molar-refractivity contribution in [3.63, 3.8) is 0 Å². The minimum Gasteiger partial charge on any atom is -0.456 e. The molecule has 1 fully saturated rings. The highest BCUT2D eigenvalue weighted by molar-refractivity contribution is 7.91. The quantitative estimate of drug-likeness (QED) is 0.446. The molecule has 1 saturated heterocycles. The Kier molecular flexibility index (Phi) is 6.91. The molecule has 3 rings (SSSR count). The topological polar surface area (TPSA) is 129 Å². The Bertz CT molecular complexity index is 1240. The fourth-order valence-corrected chi connectivity index (χ4v) is 6.50. The van der Waals surface area contributed by atoms with E-state index in [0.29, 0.717) is 17.7 Å². The number of ether oxygens (including phenoxy) is 1. The number of sulfone groups is 1. The van der Waals surface area contributed by atoms with Crippen molar-refractivity contribution < 1.29 is 31.2 Å². The molecular formula is C21H26N2O7S2. The van der Waals surface area contributed by atoms with Gasteiger partial charge in [-0.1, -0.05) is 17.7 Å². The van der Waals surface area contributed by atoms with E-state index in [9.17, 15) is 26.4 Å². The lowest BCUT2D eigenvalue weighted by molar-refractivity contribution is -0.141. The van der Waals surface area contributed by atoms with Crippen LogP contribution in [0.5, 0.6) is 0 Å². The second-order valence-electron chi connectivity index (χ2n) is 7.93. The zero-order chi connectivity index (χ0) is 23.7. The SMILES string of the molecule is Cc1ccc(S(=O)(=O)NCC(=O)OCC(=O)c2cc(C)n(C3CCS(=O)(=O)C3)c2C)cc1. The van der Waals surface area contributed by atoms with Crippen LogP contribution >= 0.6 is 0 Å². The molecule has 0 aliphatic carbocycles. The minimum absolute atomic E-state index is 0.0216. The molecule has 2 heterocycles. The van der Waals surface area contributed by atoms with Crippen molar-refractivity contribution in [2.75, 3.05) is 24.7 Å². The van der Waals surface area contributed by atoms with Crippen LogP contribution in [0.3, 0.4) is 0 Å². The molecule has 1 unspecified atom stereocenters. The van der Waals surface area contributed by atoms with Gasteiger partial charge in [0.2, 0.25) is 15.8 Å². The zero-order valence-corrected chi connectivity index (χ0v) is 19.8. The lowest BCUT2D eigenvalue weighted by atomic mass is 10.1. The monoisotopic (exact) mass is 482 g/mol. The number of aromatic nitrogens is 1. The predicted molar refractivity (Wildman–Crippen MR) is 118 cm³/mol. The molecule has 0 saturated carbocycles. The van der Waals surface area contributed by atoms with Gasteiger partial charge in [0, 0.05) is 23.0 Å². The molecule has 174 valence electrons. The summed E-state index contributed by atoms with van der Waals surface area (Å²) >= 11 is 0. The van der Waals surface area contributed by atoms with Crippen molar-refractivity contribution in [2.45, 2.75) is 38.1 Å². The van der Waals surface area contributed by atoms with Crippen LogP contribution in [0.25, 0.3) is 0 Å². The molecule has 11 heteroatoms. The van der Waals surface area contributed by atoms with Gasteiger partial charge in [0.05, 0.1) is 16.4 Å². The number of nitrogens with zero attached hydrogens (tertiary/aromatic N) is 1. The molecule has 1 atom stereocenters. The maximum absolute atomic E-state index is 12.6. The van der Waals surface area contributed by atoms with Gasteiger partial charge < -0.3 is 9.30 Å². The molecule has 9 nitrogen and oxygen atoms in total. The van der Waals surface area contributed by atoms with Crippen molar-refractivity contribution in [1.29, 1.82) is 0 Å². The normalized spacial score (nSPS) is 17.9. The van der Waals surface area contributed by atoms with Crippen LogP contribution in [0.1, 0.15) is 39.8 Å². The van der Waals surface area contributed by atoms with E-state index < -0.39 is 44.8 Å². The van der Waals surface area contributed by atoms with Gasteiger partial charge in [0.25, 0.3) is 0 Å². The first kappa shape index (κ1) is 24.1. The van der Waals surface area contributed by atoms with Crippen molar-refractivity contribution in [3.05, 3.63) is 52.8 Å². The predicted octanol–water partition coefficient (Wildman–Crippen LogP) is 1.48. The van der Waals surface area contributed by atoms with Gasteiger partial charge in [0.15, 0.2) is 16.4 Å². The number of carbonyl (C=O) groups is 2. The van der Waals surface area contributed by atoms with E-state index in [4.69, 9.17) is 4.74 Å². The van der Waals surface area contributed by atoms with Gasteiger partial charge in [-0.3, -0.25) is 9.59 Å². The summed E-state index contributed by atoms with van der Waals surface area (Å²) in [5.41, 5.74) is 2.62. The number of benzene rings is 1. The summed E-state index contributed by atoms with van der Waals surface area (Å²) in [6.07, 6.45) is 0.489. The molecule has 32 heavy (non-hydrogen) atoms. The molecular weight excluding hydrogens is 456 g/mol. The maximum atomic E-state index is 12.6. The molecule has 1 aromatic heterocycles. The van der Waals surface area contributed by atoms with Crippen LogP contribution in [-0.2, 0) is 29.4 Å². The van der Waals surface area contributed by atoms with E-state index in [1.54, 1.807) is 32.0 Å². The number of ketones is 1. The first-order chi connectivity index (χ1) is 14.9. The molecule has 1 N–H and O–H groups in total. The van der Waals surface area contributed by atoms with Crippen LogP contribution in [0.2, 0.25) is 0 Å². The summed E-state index contributed by atoms with van der Waals surface area (Å²) in [6, 6.07) is 7.57. The Balaban J connectivity index is 1.58. The maximum Gasteiger partial charge on any atom is 0.321 e. The zero-order valence-electron chi connectivity index (χ0n) is 18.1. The van der Waals surface area contributed by atoms with E-state index in [1.165, 1.54) is 12.1 Å². The summed E-state index contributed by atoms with van der Waals surface area (Å²) in [5, 5.41) is 0. The average Bonchev–Trinajstić information content (AvgIpc) is 3.22. The number of rotatable bonds is 8. The Morgan fingerprint density at radius 2 is 1.81 bits per heavy atom. The highest BCUT2D eigenvalue weighted by Gasteiger charge is 2.31. The van der Waals surface area contributed by atoms with Gasteiger partial charge in [-0.15, -0.1) is 0 Å². The number of sulfonamides is 1. The van der Waals surface area contributed by atoms with Gasteiger partial charge in [-0.05, 0) is 45.4 Å². The lowest BCUT2D eigenvalue weighted by Crippen LogP contribution is -2.31. The van der Waals surface area contributed by atoms with Crippen LogP contribution in [0, 0.1) is 20.8 Å². The highest BCUT2D eigenvalue weighted by Crippen LogP contribution is 2.29. The number of esters is 1. The number of aryl methyl sites for hydroxylation is 2. The Hall–Kier alpha value is -2.50. The summed E-state index contributed by atoms with van der Waals surface area (Å²) < 4.78 is 57.0. The lowest BCUT2D eigenvalue weighted by Gasteiger charge is -2.16. The van der Waals surface area contributed by atoms with Gasteiger partial charge >= 0.3 is 5.97 Å². The first-order valence-corrected chi connectivity index (χ1v) is 13.3. The van der Waals surface area contributed by atoms with Crippen molar-refractivity contribution >= 4 is 31.6 Å². The van der Waals surface area contributed by atoms with E-state index >= 15 is 0 Å². The van der Waals surface area contributed by atoms with Crippen molar-refractivity contribution in [1.82, 2.24) is 9.29 Å². The largest absolute Gasteiger partial charge is 0.456 e. The second kappa shape index (κ2) is 9.16. The third kappa shape index (κ3) is 5.45. The van der Waals surface area contributed by atoms with Crippen LogP contribution in [-0.4, -0.2) is 57.8 Å². The molecule has 1 aliphatic heterocycles. The average molecular weight is 483 g/mol. The first-order valence-electron chi connectivity index (χ1n) is 10.0. The smallest absolute Gasteiger partial charge is 0.321 e. The van der Waals surface area contributed by atoms with Gasteiger partial charge in [-0.25, -0.2) is 16.8 Å². The van der Waals surface area contributed by atoms with Gasteiger partial charge in [0.1, 0.15) is 6.54 Å². The molecule has 0 amide bonds. The van der Waals surface area contributed by atoms with E-state index in [-0.39, 0.29) is 22.4 Å². The third-order valence-electron chi connectivity index (χ3n) is 5.46. The number of hydrogen-bond donors (Lipinski definition) is 1. The van der Waals surface area contributed by atoms with E-state index in [2.05, 4.69) is 4.72 Å².